The molecule has 0 aliphatic carbocycles. The van der Waals surface area contributed by atoms with Gasteiger partial charge in [0.05, 0.1) is 6.26 Å². The molecular weight excluding hydrogens is 314 g/mol. The zero-order valence-electron chi connectivity index (χ0n) is 13.5. The zero-order chi connectivity index (χ0) is 16.8. The molecule has 2 atom stereocenters. The first-order valence-corrected chi connectivity index (χ1v) is 8.37. The predicted molar refractivity (Wildman–Crippen MR) is 95.1 cm³/mol. The van der Waals surface area contributed by atoms with Crippen molar-refractivity contribution < 1.29 is 9.21 Å². The van der Waals surface area contributed by atoms with E-state index in [1.807, 2.05) is 42.5 Å². The summed E-state index contributed by atoms with van der Waals surface area (Å²) in [5, 5.41) is 6.26. The molecule has 2 N–H and O–H groups in total. The monoisotopic (exact) mass is 331 g/mol. The van der Waals surface area contributed by atoms with Crippen LogP contribution in [0.15, 0.2) is 71.4 Å². The van der Waals surface area contributed by atoms with Gasteiger partial charge in [-0.1, -0.05) is 30.3 Å². The van der Waals surface area contributed by atoms with Crippen molar-refractivity contribution in [2.24, 2.45) is 0 Å². The Bertz CT molecular complexity index is 977. The number of rotatable bonds is 2. The molecule has 2 aliphatic rings. The van der Waals surface area contributed by atoms with Crippen LogP contribution in [0.2, 0.25) is 0 Å². The first-order chi connectivity index (χ1) is 12.3. The number of fused-ring (bicyclic) bond motifs is 2. The van der Waals surface area contributed by atoms with Gasteiger partial charge in [-0.2, -0.15) is 0 Å². The quantitative estimate of drug-likeness (QED) is 0.758. The Labute approximate surface area is 144 Å². The molecule has 3 aromatic rings. The molecule has 1 saturated heterocycles. The maximum absolute atomic E-state index is 12.6. The first-order valence-electron chi connectivity index (χ1n) is 8.37. The molecule has 2 aromatic carbocycles. The summed E-state index contributed by atoms with van der Waals surface area (Å²) in [7, 11) is 0. The molecule has 1 fully saturated rings. The minimum Gasteiger partial charge on any atom is -0.464 e. The Balaban J connectivity index is 1.50. The molecular formula is C20H17N3O2. The average molecular weight is 331 g/mol. The van der Waals surface area contributed by atoms with Gasteiger partial charge >= 0.3 is 0 Å². The van der Waals surface area contributed by atoms with Gasteiger partial charge in [-0.05, 0) is 35.4 Å². The molecule has 0 bridgehead atoms. The SMILES string of the molecule is O=C1C=C(c2ccc3occc3c2)NC2C(c3ccccc3)CNN12. The number of nitrogens with zero attached hydrogens (tertiary/aromatic N) is 1. The topological polar surface area (TPSA) is 57.5 Å². The fourth-order valence-corrected chi connectivity index (χ4v) is 3.66. The van der Waals surface area contributed by atoms with E-state index >= 15 is 0 Å². The molecule has 1 amide bonds. The highest BCUT2D eigenvalue weighted by Crippen LogP contribution is 2.31. The van der Waals surface area contributed by atoms with Crippen LogP contribution in [0, 0.1) is 0 Å². The Hall–Kier alpha value is -3.05. The van der Waals surface area contributed by atoms with Crippen LogP contribution < -0.4 is 10.7 Å². The summed E-state index contributed by atoms with van der Waals surface area (Å²) in [6.45, 7) is 0.731. The van der Waals surface area contributed by atoms with Gasteiger partial charge in [-0.15, -0.1) is 0 Å². The third-order valence-electron chi connectivity index (χ3n) is 4.94. The molecule has 2 unspecified atom stereocenters. The lowest BCUT2D eigenvalue weighted by molar-refractivity contribution is -0.130. The summed E-state index contributed by atoms with van der Waals surface area (Å²) >= 11 is 0. The normalized spacial score (nSPS) is 22.6. The van der Waals surface area contributed by atoms with Crippen molar-refractivity contribution in [3.05, 3.63) is 78.1 Å². The number of hydrazine groups is 1. The summed E-state index contributed by atoms with van der Waals surface area (Å²) in [5.74, 6) is 0.177. The highest BCUT2D eigenvalue weighted by atomic mass is 16.3. The van der Waals surface area contributed by atoms with Crippen molar-refractivity contribution in [2.75, 3.05) is 6.54 Å². The molecule has 2 aliphatic heterocycles. The number of benzene rings is 2. The lowest BCUT2D eigenvalue weighted by atomic mass is 9.95. The van der Waals surface area contributed by atoms with E-state index in [1.165, 1.54) is 5.56 Å². The fourth-order valence-electron chi connectivity index (χ4n) is 3.66. The predicted octanol–water partition coefficient (Wildman–Crippen LogP) is 2.83. The van der Waals surface area contributed by atoms with Gasteiger partial charge in [-0.25, -0.2) is 5.43 Å². The summed E-state index contributed by atoms with van der Waals surface area (Å²) in [5.41, 5.74) is 7.11. The van der Waals surface area contributed by atoms with Gasteiger partial charge in [0.1, 0.15) is 11.7 Å². The molecule has 0 spiro atoms. The molecule has 0 radical (unpaired) electrons. The van der Waals surface area contributed by atoms with Crippen LogP contribution in [-0.4, -0.2) is 23.6 Å². The molecule has 124 valence electrons. The van der Waals surface area contributed by atoms with Crippen molar-refractivity contribution in [3.8, 4) is 0 Å². The standard InChI is InChI=1S/C20H17N3O2/c24-19-11-17(14-6-7-18-15(10-14)8-9-25-18)22-20-16(12-21-23(19)20)13-4-2-1-3-5-13/h1-11,16,20-22H,12H2. The molecule has 5 rings (SSSR count). The Morgan fingerprint density at radius 3 is 2.84 bits per heavy atom. The van der Waals surface area contributed by atoms with Crippen molar-refractivity contribution in [2.45, 2.75) is 12.1 Å². The van der Waals surface area contributed by atoms with Crippen LogP contribution >= 0.6 is 0 Å². The minimum atomic E-state index is -0.102. The second-order valence-electron chi connectivity index (χ2n) is 6.41. The molecule has 1 aromatic heterocycles. The van der Waals surface area contributed by atoms with E-state index in [0.29, 0.717) is 0 Å². The summed E-state index contributed by atoms with van der Waals surface area (Å²) < 4.78 is 5.40. The zero-order valence-corrected chi connectivity index (χ0v) is 13.5. The van der Waals surface area contributed by atoms with Crippen molar-refractivity contribution in [1.29, 1.82) is 0 Å². The summed E-state index contributed by atoms with van der Waals surface area (Å²) in [6.07, 6.45) is 3.23. The number of furan rings is 1. The number of nitrogens with one attached hydrogen (secondary N) is 2. The smallest absolute Gasteiger partial charge is 0.264 e. The van der Waals surface area contributed by atoms with Crippen molar-refractivity contribution >= 4 is 22.6 Å². The lowest BCUT2D eigenvalue weighted by Gasteiger charge is -2.33. The number of carbonyl (C=O) groups is 1. The number of hydrogen-bond donors (Lipinski definition) is 2. The van der Waals surface area contributed by atoms with Gasteiger partial charge in [0.2, 0.25) is 0 Å². The number of carbonyl (C=O) groups excluding carboxylic acids is 1. The van der Waals surface area contributed by atoms with Gasteiger partial charge in [0.15, 0.2) is 0 Å². The number of hydrogen-bond acceptors (Lipinski definition) is 4. The molecule has 5 heteroatoms. The molecule has 5 nitrogen and oxygen atoms in total. The molecule has 25 heavy (non-hydrogen) atoms. The van der Waals surface area contributed by atoms with Gasteiger partial charge in [0, 0.05) is 29.6 Å². The molecule has 0 saturated carbocycles. The van der Waals surface area contributed by atoms with Gasteiger partial charge < -0.3 is 9.73 Å². The van der Waals surface area contributed by atoms with E-state index in [2.05, 4.69) is 22.9 Å². The van der Waals surface area contributed by atoms with Crippen LogP contribution in [0.4, 0.5) is 0 Å². The van der Waals surface area contributed by atoms with Crippen LogP contribution in [0.3, 0.4) is 0 Å². The highest BCUT2D eigenvalue weighted by molar-refractivity contribution is 5.97. The molecule has 3 heterocycles. The Kier molecular flexibility index (Phi) is 3.15. The Morgan fingerprint density at radius 2 is 1.96 bits per heavy atom. The van der Waals surface area contributed by atoms with Crippen LogP contribution in [-0.2, 0) is 4.79 Å². The first kappa shape index (κ1) is 14.3. The summed E-state index contributed by atoms with van der Waals surface area (Å²) in [4.78, 5) is 12.6. The van der Waals surface area contributed by atoms with Crippen LogP contribution in [0.1, 0.15) is 17.0 Å². The fraction of sp³-hybridized carbons (Fsp3) is 0.150. The maximum Gasteiger partial charge on any atom is 0.264 e. The third-order valence-corrected chi connectivity index (χ3v) is 4.94. The number of amides is 1. The van der Waals surface area contributed by atoms with Gasteiger partial charge in [-0.3, -0.25) is 9.80 Å². The minimum absolute atomic E-state index is 0.0236. The van der Waals surface area contributed by atoms with Gasteiger partial charge in [0.25, 0.3) is 5.91 Å². The van der Waals surface area contributed by atoms with Crippen LogP contribution in [0.25, 0.3) is 16.7 Å². The van der Waals surface area contributed by atoms with E-state index < -0.39 is 0 Å². The van der Waals surface area contributed by atoms with Crippen molar-refractivity contribution in [1.82, 2.24) is 15.8 Å². The van der Waals surface area contributed by atoms with E-state index in [-0.39, 0.29) is 18.0 Å². The third kappa shape index (κ3) is 2.32. The second kappa shape index (κ2) is 5.50. The van der Waals surface area contributed by atoms with Crippen LogP contribution in [0.5, 0.6) is 0 Å². The van der Waals surface area contributed by atoms with Crippen molar-refractivity contribution in [3.63, 3.8) is 0 Å². The largest absolute Gasteiger partial charge is 0.464 e. The summed E-state index contributed by atoms with van der Waals surface area (Å²) in [6, 6.07) is 18.2. The lowest BCUT2D eigenvalue weighted by Crippen LogP contribution is -2.52. The van der Waals surface area contributed by atoms with E-state index in [1.54, 1.807) is 17.3 Å². The average Bonchev–Trinajstić information content (AvgIpc) is 3.28. The maximum atomic E-state index is 12.6. The Morgan fingerprint density at radius 1 is 1.08 bits per heavy atom. The second-order valence-corrected chi connectivity index (χ2v) is 6.41. The van der Waals surface area contributed by atoms with E-state index in [4.69, 9.17) is 4.42 Å². The highest BCUT2D eigenvalue weighted by Gasteiger charge is 2.40. The van der Waals surface area contributed by atoms with E-state index in [9.17, 15) is 4.79 Å². The van der Waals surface area contributed by atoms with E-state index in [0.717, 1.165) is 28.8 Å².